The average Bonchev–Trinajstić information content (AvgIpc) is 2.50. The second kappa shape index (κ2) is 7.25. The van der Waals surface area contributed by atoms with E-state index in [0.29, 0.717) is 12.0 Å². The molecule has 2 N–H and O–H groups in total. The van der Waals surface area contributed by atoms with Gasteiger partial charge in [0.2, 0.25) is 5.91 Å². The van der Waals surface area contributed by atoms with Gasteiger partial charge in [0.05, 0.1) is 17.0 Å². The van der Waals surface area contributed by atoms with Gasteiger partial charge in [0.25, 0.3) is 0 Å². The van der Waals surface area contributed by atoms with Gasteiger partial charge in [0, 0.05) is 12.6 Å². The Bertz CT molecular complexity index is 585. The molecule has 0 saturated carbocycles. The van der Waals surface area contributed by atoms with Crippen molar-refractivity contribution in [3.8, 4) is 6.07 Å². The lowest BCUT2D eigenvalue weighted by molar-refractivity contribution is -0.148. The molecule has 0 bridgehead atoms. The number of benzene rings is 1. The van der Waals surface area contributed by atoms with Crippen LogP contribution in [-0.2, 0) is 9.59 Å². The van der Waals surface area contributed by atoms with Crippen LogP contribution in [0.15, 0.2) is 30.3 Å². The third-order valence-corrected chi connectivity index (χ3v) is 3.42. The fourth-order valence-corrected chi connectivity index (χ4v) is 1.53. The fraction of sp³-hybridized carbons (Fsp3) is 0.312. The first-order chi connectivity index (χ1) is 9.91. The molecule has 5 nitrogen and oxygen atoms in total. The Labute approximate surface area is 123 Å². The second-order valence-corrected chi connectivity index (χ2v) is 5.00. The van der Waals surface area contributed by atoms with E-state index in [-0.39, 0.29) is 12.5 Å². The Morgan fingerprint density at radius 2 is 2.00 bits per heavy atom. The normalized spacial score (nSPS) is 13.4. The van der Waals surface area contributed by atoms with Gasteiger partial charge < -0.3 is 10.4 Å². The number of hydrogen-bond donors (Lipinski definition) is 2. The minimum absolute atomic E-state index is 0.0787. The van der Waals surface area contributed by atoms with Crippen LogP contribution in [0.25, 0.3) is 6.08 Å². The monoisotopic (exact) mass is 286 g/mol. The number of hydrogen-bond acceptors (Lipinski definition) is 3. The van der Waals surface area contributed by atoms with Crippen LogP contribution >= 0.6 is 0 Å². The van der Waals surface area contributed by atoms with Gasteiger partial charge in [-0.3, -0.25) is 9.59 Å². The molecule has 1 unspecified atom stereocenters. The van der Waals surface area contributed by atoms with Crippen LogP contribution in [-0.4, -0.2) is 23.5 Å². The van der Waals surface area contributed by atoms with Gasteiger partial charge in [-0.05, 0) is 37.1 Å². The first kappa shape index (κ1) is 16.4. The van der Waals surface area contributed by atoms with Crippen molar-refractivity contribution < 1.29 is 14.7 Å². The van der Waals surface area contributed by atoms with Gasteiger partial charge >= 0.3 is 5.97 Å². The number of carbonyl (C=O) groups is 2. The number of aliphatic carboxylic acids is 1. The lowest BCUT2D eigenvalue weighted by Gasteiger charge is -2.22. The van der Waals surface area contributed by atoms with Crippen LogP contribution in [0.4, 0.5) is 0 Å². The van der Waals surface area contributed by atoms with E-state index < -0.39 is 11.4 Å². The zero-order valence-corrected chi connectivity index (χ0v) is 12.1. The highest BCUT2D eigenvalue weighted by molar-refractivity contribution is 5.92. The Morgan fingerprint density at radius 1 is 1.38 bits per heavy atom. The minimum Gasteiger partial charge on any atom is -0.481 e. The van der Waals surface area contributed by atoms with Crippen LogP contribution in [0, 0.1) is 16.7 Å². The fourth-order valence-electron chi connectivity index (χ4n) is 1.53. The summed E-state index contributed by atoms with van der Waals surface area (Å²) in [7, 11) is 0. The zero-order valence-electron chi connectivity index (χ0n) is 12.1. The number of nitrogens with one attached hydrogen (secondary N) is 1. The molecular weight excluding hydrogens is 268 g/mol. The maximum absolute atomic E-state index is 11.7. The molecule has 0 aliphatic carbocycles. The summed E-state index contributed by atoms with van der Waals surface area (Å²) < 4.78 is 0. The van der Waals surface area contributed by atoms with Gasteiger partial charge in [-0.2, -0.15) is 5.26 Å². The first-order valence-corrected chi connectivity index (χ1v) is 6.61. The highest BCUT2D eigenvalue weighted by atomic mass is 16.4. The Hall–Kier alpha value is -2.61. The maximum Gasteiger partial charge on any atom is 0.311 e. The van der Waals surface area contributed by atoms with E-state index >= 15 is 0 Å². The van der Waals surface area contributed by atoms with Gasteiger partial charge in [-0.15, -0.1) is 0 Å². The first-order valence-electron chi connectivity index (χ1n) is 6.61. The van der Waals surface area contributed by atoms with E-state index in [1.807, 2.05) is 6.07 Å². The molecule has 0 aliphatic heterocycles. The topological polar surface area (TPSA) is 90.2 Å². The van der Waals surface area contributed by atoms with Crippen molar-refractivity contribution >= 4 is 18.0 Å². The summed E-state index contributed by atoms with van der Waals surface area (Å²) in [5.74, 6) is -1.28. The van der Waals surface area contributed by atoms with Crippen LogP contribution in [0.5, 0.6) is 0 Å². The molecule has 1 atom stereocenters. The lowest BCUT2D eigenvalue weighted by atomic mass is 9.88. The molecule has 0 spiro atoms. The largest absolute Gasteiger partial charge is 0.481 e. The molecule has 0 heterocycles. The predicted octanol–water partition coefficient (Wildman–Crippen LogP) is 2.19. The smallest absolute Gasteiger partial charge is 0.311 e. The van der Waals surface area contributed by atoms with Crippen molar-refractivity contribution in [1.82, 2.24) is 5.32 Å². The number of rotatable bonds is 6. The molecule has 1 aromatic rings. The second-order valence-electron chi connectivity index (χ2n) is 5.00. The molecular formula is C16H18N2O3. The van der Waals surface area contributed by atoms with E-state index in [1.165, 1.54) is 6.08 Å². The summed E-state index contributed by atoms with van der Waals surface area (Å²) in [4.78, 5) is 22.8. The van der Waals surface area contributed by atoms with Crippen LogP contribution in [0.3, 0.4) is 0 Å². The van der Waals surface area contributed by atoms with Gasteiger partial charge in [-0.1, -0.05) is 19.1 Å². The number of nitrogens with zero attached hydrogens (tertiary/aromatic N) is 1. The molecule has 0 aromatic heterocycles. The number of carboxylic acids is 1. The number of nitriles is 1. The molecule has 110 valence electrons. The van der Waals surface area contributed by atoms with E-state index in [9.17, 15) is 9.59 Å². The van der Waals surface area contributed by atoms with Crippen molar-refractivity contribution in [2.45, 2.75) is 20.3 Å². The molecule has 0 fully saturated rings. The lowest BCUT2D eigenvalue weighted by Crippen LogP contribution is -2.40. The third kappa shape index (κ3) is 4.77. The summed E-state index contributed by atoms with van der Waals surface area (Å²) in [6.45, 7) is 3.45. The number of amides is 1. The van der Waals surface area contributed by atoms with Gasteiger partial charge in [0.1, 0.15) is 0 Å². The zero-order chi connectivity index (χ0) is 15.9. The van der Waals surface area contributed by atoms with E-state index in [0.717, 1.165) is 5.56 Å². The van der Waals surface area contributed by atoms with Crippen molar-refractivity contribution in [2.75, 3.05) is 6.54 Å². The Morgan fingerprint density at radius 3 is 2.48 bits per heavy atom. The van der Waals surface area contributed by atoms with Crippen molar-refractivity contribution in [2.24, 2.45) is 5.41 Å². The van der Waals surface area contributed by atoms with Crippen LogP contribution in [0.1, 0.15) is 31.4 Å². The highest BCUT2D eigenvalue weighted by Crippen LogP contribution is 2.19. The standard InChI is InChI=1S/C16H18N2O3/c1-3-16(2,15(20)21)11-18-14(19)9-8-12-4-6-13(10-17)7-5-12/h4-9H,3,11H2,1-2H3,(H,18,19)(H,20,21)/b9-8+. The maximum atomic E-state index is 11.7. The number of carbonyl (C=O) groups excluding carboxylic acids is 1. The molecule has 0 aliphatic rings. The Balaban J connectivity index is 2.59. The summed E-state index contributed by atoms with van der Waals surface area (Å²) in [5.41, 5.74) is 0.384. The third-order valence-electron chi connectivity index (χ3n) is 3.42. The molecule has 1 aromatic carbocycles. The Kier molecular flexibility index (Phi) is 5.67. The SMILES string of the molecule is CCC(C)(CNC(=O)/C=C/c1ccc(C#N)cc1)C(=O)O. The predicted molar refractivity (Wildman–Crippen MR) is 79.2 cm³/mol. The average molecular weight is 286 g/mol. The number of carboxylic acid groups (broad SMARTS) is 1. The summed E-state index contributed by atoms with van der Waals surface area (Å²) in [6, 6.07) is 8.80. The van der Waals surface area contributed by atoms with Gasteiger partial charge in [-0.25, -0.2) is 0 Å². The molecule has 0 saturated heterocycles. The van der Waals surface area contributed by atoms with Gasteiger partial charge in [0.15, 0.2) is 0 Å². The minimum atomic E-state index is -0.960. The molecule has 1 rings (SSSR count). The molecule has 0 radical (unpaired) electrons. The molecule has 5 heteroatoms. The molecule has 21 heavy (non-hydrogen) atoms. The highest BCUT2D eigenvalue weighted by Gasteiger charge is 2.31. The van der Waals surface area contributed by atoms with Crippen LogP contribution < -0.4 is 5.32 Å². The van der Waals surface area contributed by atoms with Crippen molar-refractivity contribution in [1.29, 1.82) is 5.26 Å². The molecule has 1 amide bonds. The summed E-state index contributed by atoms with van der Waals surface area (Å²) in [5, 5.41) is 20.4. The van der Waals surface area contributed by atoms with Crippen molar-refractivity contribution in [3.63, 3.8) is 0 Å². The summed E-state index contributed by atoms with van der Waals surface area (Å²) in [6.07, 6.45) is 3.39. The quantitative estimate of drug-likeness (QED) is 0.784. The summed E-state index contributed by atoms with van der Waals surface area (Å²) >= 11 is 0. The van der Waals surface area contributed by atoms with Crippen molar-refractivity contribution in [3.05, 3.63) is 41.5 Å². The van der Waals surface area contributed by atoms with E-state index in [2.05, 4.69) is 5.32 Å². The van der Waals surface area contributed by atoms with Crippen LogP contribution in [0.2, 0.25) is 0 Å². The van der Waals surface area contributed by atoms with E-state index in [1.54, 1.807) is 44.2 Å². The van der Waals surface area contributed by atoms with E-state index in [4.69, 9.17) is 10.4 Å².